The minimum Gasteiger partial charge on any atom is -0.480 e. The Bertz CT molecular complexity index is 1000. The number of nitrogens with one attached hydrogen (secondary N) is 1. The molecule has 1 unspecified atom stereocenters. The number of carbonyl (C=O) groups excluding carboxylic acids is 2. The minimum atomic E-state index is -1.03. The number of rotatable bonds is 7. The molecule has 1 aliphatic carbocycles. The van der Waals surface area contributed by atoms with Crippen LogP contribution >= 0.6 is 0 Å². The smallest absolute Gasteiger partial charge is 0.407 e. The van der Waals surface area contributed by atoms with Crippen LogP contribution in [0.15, 0.2) is 61.2 Å². The monoisotopic (exact) mass is 434 g/mol. The molecule has 32 heavy (non-hydrogen) atoms. The van der Waals surface area contributed by atoms with E-state index in [0.29, 0.717) is 19.4 Å². The third kappa shape index (κ3) is 4.10. The van der Waals surface area contributed by atoms with Gasteiger partial charge in [-0.3, -0.25) is 4.79 Å². The zero-order valence-corrected chi connectivity index (χ0v) is 17.7. The lowest BCUT2D eigenvalue weighted by molar-refractivity contribution is -0.148. The molecular formula is C25H26N2O5. The fraction of sp³-hybridized carbons (Fsp3) is 0.320. The second-order valence-corrected chi connectivity index (χ2v) is 8.07. The summed E-state index contributed by atoms with van der Waals surface area (Å²) in [7, 11) is 0. The Labute approximate surface area is 186 Å². The van der Waals surface area contributed by atoms with Gasteiger partial charge >= 0.3 is 12.1 Å². The Kier molecular flexibility index (Phi) is 6.25. The van der Waals surface area contributed by atoms with Gasteiger partial charge in [0.25, 0.3) is 0 Å². The summed E-state index contributed by atoms with van der Waals surface area (Å²) in [6.07, 6.45) is 2.03. The largest absolute Gasteiger partial charge is 0.480 e. The van der Waals surface area contributed by atoms with Gasteiger partial charge in [-0.25, -0.2) is 9.59 Å². The van der Waals surface area contributed by atoms with Crippen LogP contribution in [0.25, 0.3) is 11.1 Å². The zero-order valence-electron chi connectivity index (χ0n) is 17.7. The van der Waals surface area contributed by atoms with Crippen molar-refractivity contribution in [3.8, 4) is 11.1 Å². The van der Waals surface area contributed by atoms with Crippen LogP contribution in [0, 0.1) is 0 Å². The number of carboxylic acids is 1. The third-order valence-corrected chi connectivity index (χ3v) is 6.16. The van der Waals surface area contributed by atoms with Crippen molar-refractivity contribution in [2.24, 2.45) is 0 Å². The van der Waals surface area contributed by atoms with Gasteiger partial charge in [-0.1, -0.05) is 54.6 Å². The van der Waals surface area contributed by atoms with Gasteiger partial charge in [-0.15, -0.1) is 6.58 Å². The van der Waals surface area contributed by atoms with E-state index in [0.717, 1.165) is 22.3 Å². The van der Waals surface area contributed by atoms with Crippen LogP contribution in [0.2, 0.25) is 0 Å². The zero-order chi connectivity index (χ0) is 22.7. The second kappa shape index (κ2) is 9.26. The molecule has 0 bridgehead atoms. The SMILES string of the molecule is C=CCC(NC(=O)OCC1c2ccccc2-c2ccccc21)C(=O)N1CCC[C@@H]1C(=O)O. The number of benzene rings is 2. The summed E-state index contributed by atoms with van der Waals surface area (Å²) in [6, 6.07) is 14.3. The van der Waals surface area contributed by atoms with Crippen molar-refractivity contribution < 1.29 is 24.2 Å². The standard InChI is InChI=1S/C25H26N2O5/c1-2-8-21(23(28)27-14-7-13-22(27)24(29)30)26-25(31)32-15-20-18-11-5-3-9-16(18)17-10-4-6-12-19(17)20/h2-6,9-12,20-22H,1,7-8,13-15H2,(H,26,31)(H,29,30)/t21?,22-/m1/s1. The van der Waals surface area contributed by atoms with Gasteiger partial charge in [-0.2, -0.15) is 0 Å². The molecule has 1 heterocycles. The predicted molar refractivity (Wildman–Crippen MR) is 119 cm³/mol. The molecule has 1 aliphatic heterocycles. The van der Waals surface area contributed by atoms with Crippen LogP contribution in [0.3, 0.4) is 0 Å². The first-order valence-electron chi connectivity index (χ1n) is 10.8. The number of fused-ring (bicyclic) bond motifs is 3. The molecule has 166 valence electrons. The molecule has 0 aromatic heterocycles. The van der Waals surface area contributed by atoms with E-state index in [2.05, 4.69) is 24.0 Å². The summed E-state index contributed by atoms with van der Waals surface area (Å²) in [5.74, 6) is -1.55. The summed E-state index contributed by atoms with van der Waals surface area (Å²) in [6.45, 7) is 4.14. The van der Waals surface area contributed by atoms with E-state index in [4.69, 9.17) is 4.74 Å². The van der Waals surface area contributed by atoms with Crippen molar-refractivity contribution in [3.63, 3.8) is 0 Å². The van der Waals surface area contributed by atoms with Crippen molar-refractivity contribution in [1.29, 1.82) is 0 Å². The Morgan fingerprint density at radius 1 is 1.12 bits per heavy atom. The van der Waals surface area contributed by atoms with E-state index < -0.39 is 30.1 Å². The average molecular weight is 434 g/mol. The molecule has 0 spiro atoms. The lowest BCUT2D eigenvalue weighted by Gasteiger charge is -2.26. The Balaban J connectivity index is 1.43. The fourth-order valence-corrected chi connectivity index (χ4v) is 4.66. The van der Waals surface area contributed by atoms with Crippen molar-refractivity contribution >= 4 is 18.0 Å². The van der Waals surface area contributed by atoms with Gasteiger partial charge in [0.2, 0.25) is 5.91 Å². The number of hydrogen-bond acceptors (Lipinski definition) is 4. The highest BCUT2D eigenvalue weighted by Crippen LogP contribution is 2.44. The predicted octanol–water partition coefficient (Wildman–Crippen LogP) is 3.55. The summed E-state index contributed by atoms with van der Waals surface area (Å²) < 4.78 is 5.53. The Hall–Kier alpha value is -3.61. The summed E-state index contributed by atoms with van der Waals surface area (Å²) in [4.78, 5) is 38.3. The molecule has 2 aromatic carbocycles. The van der Waals surface area contributed by atoms with Crippen LogP contribution in [-0.4, -0.2) is 53.2 Å². The second-order valence-electron chi connectivity index (χ2n) is 8.07. The van der Waals surface area contributed by atoms with Crippen molar-refractivity contribution in [2.75, 3.05) is 13.2 Å². The van der Waals surface area contributed by atoms with E-state index in [9.17, 15) is 19.5 Å². The lowest BCUT2D eigenvalue weighted by atomic mass is 9.98. The van der Waals surface area contributed by atoms with Crippen LogP contribution in [0.4, 0.5) is 4.79 Å². The quantitative estimate of drug-likeness (QED) is 0.650. The van der Waals surface area contributed by atoms with E-state index in [1.54, 1.807) is 0 Å². The normalized spacial score (nSPS) is 17.9. The van der Waals surface area contributed by atoms with Gasteiger partial charge < -0.3 is 20.1 Å². The molecular weight excluding hydrogens is 408 g/mol. The first-order chi connectivity index (χ1) is 15.5. The number of carbonyl (C=O) groups is 3. The van der Waals surface area contributed by atoms with Gasteiger partial charge in [0.05, 0.1) is 0 Å². The molecule has 7 heteroatoms. The maximum atomic E-state index is 12.9. The Morgan fingerprint density at radius 2 is 1.75 bits per heavy atom. The molecule has 1 saturated heterocycles. The minimum absolute atomic E-state index is 0.0864. The molecule has 0 radical (unpaired) electrons. The number of alkyl carbamates (subject to hydrolysis) is 1. The van der Waals surface area contributed by atoms with E-state index in [-0.39, 0.29) is 18.9 Å². The molecule has 2 atom stereocenters. The molecule has 4 rings (SSSR count). The number of ether oxygens (including phenoxy) is 1. The number of hydrogen-bond donors (Lipinski definition) is 2. The number of amides is 2. The fourth-order valence-electron chi connectivity index (χ4n) is 4.66. The van der Waals surface area contributed by atoms with E-state index >= 15 is 0 Å². The van der Waals surface area contributed by atoms with Gasteiger partial charge in [-0.05, 0) is 41.5 Å². The molecule has 2 aliphatic rings. The molecule has 0 saturated carbocycles. The molecule has 1 fully saturated rings. The highest BCUT2D eigenvalue weighted by atomic mass is 16.5. The van der Waals surface area contributed by atoms with E-state index in [1.165, 1.54) is 11.0 Å². The third-order valence-electron chi connectivity index (χ3n) is 6.16. The molecule has 2 aromatic rings. The summed E-state index contributed by atoms with van der Waals surface area (Å²) in [5, 5.41) is 12.0. The van der Waals surface area contributed by atoms with Crippen LogP contribution in [0.1, 0.15) is 36.3 Å². The first kappa shape index (κ1) is 21.6. The number of carboxylic acid groups (broad SMARTS) is 1. The summed E-state index contributed by atoms with van der Waals surface area (Å²) in [5.41, 5.74) is 4.46. The number of likely N-dealkylation sites (tertiary alicyclic amines) is 1. The molecule has 7 nitrogen and oxygen atoms in total. The van der Waals surface area contributed by atoms with Gasteiger partial charge in [0.15, 0.2) is 0 Å². The number of nitrogens with zero attached hydrogens (tertiary/aromatic N) is 1. The van der Waals surface area contributed by atoms with Crippen LogP contribution in [0.5, 0.6) is 0 Å². The highest BCUT2D eigenvalue weighted by molar-refractivity contribution is 5.90. The molecule has 2 N–H and O–H groups in total. The lowest BCUT2D eigenvalue weighted by Crippen LogP contribution is -2.51. The maximum Gasteiger partial charge on any atom is 0.407 e. The van der Waals surface area contributed by atoms with Crippen LogP contribution in [-0.2, 0) is 14.3 Å². The van der Waals surface area contributed by atoms with E-state index in [1.807, 2.05) is 36.4 Å². The Morgan fingerprint density at radius 3 is 2.34 bits per heavy atom. The molecule has 2 amide bonds. The summed E-state index contributed by atoms with van der Waals surface area (Å²) >= 11 is 0. The van der Waals surface area contributed by atoms with Crippen molar-refractivity contribution in [1.82, 2.24) is 10.2 Å². The maximum absolute atomic E-state index is 12.9. The van der Waals surface area contributed by atoms with Crippen molar-refractivity contribution in [3.05, 3.63) is 72.3 Å². The van der Waals surface area contributed by atoms with Gasteiger partial charge in [0, 0.05) is 12.5 Å². The van der Waals surface area contributed by atoms with Gasteiger partial charge in [0.1, 0.15) is 18.7 Å². The van der Waals surface area contributed by atoms with Crippen molar-refractivity contribution in [2.45, 2.75) is 37.3 Å². The number of aliphatic carboxylic acids is 1. The highest BCUT2D eigenvalue weighted by Gasteiger charge is 2.37. The van der Waals surface area contributed by atoms with Crippen LogP contribution < -0.4 is 5.32 Å². The first-order valence-corrected chi connectivity index (χ1v) is 10.8. The average Bonchev–Trinajstić information content (AvgIpc) is 3.40. The topological polar surface area (TPSA) is 95.9 Å².